The number of hydrogen-bond donors (Lipinski definition) is 2. The highest BCUT2D eigenvalue weighted by Gasteiger charge is 2.05. The Morgan fingerprint density at radius 1 is 1.12 bits per heavy atom. The van der Waals surface area contributed by atoms with Gasteiger partial charge in [0.2, 0.25) is 0 Å². The predicted octanol–water partition coefficient (Wildman–Crippen LogP) is 2.85. The van der Waals surface area contributed by atoms with E-state index >= 15 is 0 Å². The summed E-state index contributed by atoms with van der Waals surface area (Å²) in [6.45, 7) is 7.91. The molecule has 25 heavy (non-hydrogen) atoms. The fraction of sp³-hybridized carbons (Fsp3) is 0.611. The molecule has 6 nitrogen and oxygen atoms in total. The van der Waals surface area contributed by atoms with E-state index in [1.165, 1.54) is 0 Å². The topological polar surface area (TPSA) is 64.1 Å². The van der Waals surface area contributed by atoms with E-state index in [4.69, 9.17) is 14.2 Å². The smallest absolute Gasteiger partial charge is 0.191 e. The number of aliphatic imine (C=N–C) groups is 1. The quantitative estimate of drug-likeness (QED) is 0.228. The van der Waals surface area contributed by atoms with Crippen LogP contribution in [0.1, 0.15) is 25.8 Å². The molecule has 2 N–H and O–H groups in total. The molecule has 7 heteroatoms. The zero-order valence-electron chi connectivity index (χ0n) is 15.8. The van der Waals surface area contributed by atoms with E-state index < -0.39 is 0 Å². The van der Waals surface area contributed by atoms with Gasteiger partial charge in [-0.2, -0.15) is 0 Å². The van der Waals surface area contributed by atoms with E-state index in [9.17, 15) is 0 Å². The highest BCUT2D eigenvalue weighted by molar-refractivity contribution is 14.0. The zero-order chi connectivity index (χ0) is 17.6. The molecule has 1 rings (SSSR count). The summed E-state index contributed by atoms with van der Waals surface area (Å²) in [6.07, 6.45) is 1.75. The van der Waals surface area contributed by atoms with Gasteiger partial charge in [-0.3, -0.25) is 4.99 Å². The molecular weight excluding hydrogens is 433 g/mol. The van der Waals surface area contributed by atoms with Crippen LogP contribution in [-0.4, -0.2) is 53.0 Å². The Balaban J connectivity index is 0.00000576. The first-order chi connectivity index (χ1) is 11.7. The second-order valence-corrected chi connectivity index (χ2v) is 5.17. The molecule has 144 valence electrons. The van der Waals surface area contributed by atoms with Crippen LogP contribution in [-0.2, 0) is 11.2 Å². The molecular formula is C18H32IN3O3. The number of nitrogens with one attached hydrogen (secondary N) is 2. The summed E-state index contributed by atoms with van der Waals surface area (Å²) >= 11 is 0. The second-order valence-electron chi connectivity index (χ2n) is 5.17. The van der Waals surface area contributed by atoms with Crippen molar-refractivity contribution in [3.05, 3.63) is 23.8 Å². The average Bonchev–Trinajstić information content (AvgIpc) is 2.61. The molecule has 0 aromatic heterocycles. The maximum Gasteiger partial charge on any atom is 0.191 e. The number of methoxy groups -OCH3 is 2. The van der Waals surface area contributed by atoms with Gasteiger partial charge in [0.25, 0.3) is 0 Å². The lowest BCUT2D eigenvalue weighted by Gasteiger charge is -2.13. The Labute approximate surface area is 168 Å². The summed E-state index contributed by atoms with van der Waals surface area (Å²) in [5, 5.41) is 6.60. The third kappa shape index (κ3) is 9.74. The first-order valence-corrected chi connectivity index (χ1v) is 8.55. The molecule has 0 spiro atoms. The SMILES string of the molecule is CCNC(=NCCCOCC)NCCc1cc(OC)ccc1OC.I. The zero-order valence-corrected chi connectivity index (χ0v) is 18.1. The molecule has 0 fully saturated rings. The number of guanidine groups is 1. The van der Waals surface area contributed by atoms with E-state index in [0.717, 1.165) is 68.7 Å². The van der Waals surface area contributed by atoms with Gasteiger partial charge in [0.1, 0.15) is 11.5 Å². The van der Waals surface area contributed by atoms with E-state index in [-0.39, 0.29) is 24.0 Å². The number of rotatable bonds is 11. The third-order valence-corrected chi connectivity index (χ3v) is 3.44. The monoisotopic (exact) mass is 465 g/mol. The van der Waals surface area contributed by atoms with Crippen molar-refractivity contribution >= 4 is 29.9 Å². The molecule has 0 atom stereocenters. The minimum absolute atomic E-state index is 0. The van der Waals surface area contributed by atoms with Gasteiger partial charge >= 0.3 is 0 Å². The van der Waals surface area contributed by atoms with Crippen molar-refractivity contribution in [2.24, 2.45) is 4.99 Å². The van der Waals surface area contributed by atoms with E-state index in [2.05, 4.69) is 22.5 Å². The molecule has 0 heterocycles. The summed E-state index contributed by atoms with van der Waals surface area (Å²) in [5.74, 6) is 2.54. The van der Waals surface area contributed by atoms with Gasteiger partial charge in [0, 0.05) is 32.8 Å². The number of nitrogens with zero attached hydrogens (tertiary/aromatic N) is 1. The highest BCUT2D eigenvalue weighted by Crippen LogP contribution is 2.24. The van der Waals surface area contributed by atoms with E-state index in [0.29, 0.717) is 0 Å². The lowest BCUT2D eigenvalue weighted by atomic mass is 10.1. The van der Waals surface area contributed by atoms with Crippen LogP contribution >= 0.6 is 24.0 Å². The standard InChI is InChI=1S/C18H31N3O3.HI/c1-5-19-18(20-11-7-13-24-6-2)21-12-10-15-14-16(22-3)8-9-17(15)23-4;/h8-9,14H,5-7,10-13H2,1-4H3,(H2,19,20,21);1H. The normalized spacial score (nSPS) is 10.8. The molecule has 0 aliphatic heterocycles. The van der Waals surface area contributed by atoms with Crippen LogP contribution in [0.2, 0.25) is 0 Å². The van der Waals surface area contributed by atoms with Gasteiger partial charge in [-0.1, -0.05) is 0 Å². The molecule has 1 aromatic carbocycles. The molecule has 0 saturated carbocycles. The summed E-state index contributed by atoms with van der Waals surface area (Å²) < 4.78 is 16.0. The molecule has 0 aliphatic rings. The first kappa shape index (κ1) is 23.8. The fourth-order valence-corrected chi connectivity index (χ4v) is 2.24. The van der Waals surface area contributed by atoms with Crippen molar-refractivity contribution in [1.82, 2.24) is 10.6 Å². The minimum atomic E-state index is 0. The lowest BCUT2D eigenvalue weighted by Crippen LogP contribution is -2.38. The van der Waals surface area contributed by atoms with E-state index in [1.54, 1.807) is 14.2 Å². The Hall–Kier alpha value is -1.22. The van der Waals surface area contributed by atoms with Gasteiger partial charge in [-0.15, -0.1) is 24.0 Å². The minimum Gasteiger partial charge on any atom is -0.497 e. The molecule has 0 amide bonds. The second kappa shape index (κ2) is 15.1. The Kier molecular flexibility index (Phi) is 14.3. The lowest BCUT2D eigenvalue weighted by molar-refractivity contribution is 0.146. The van der Waals surface area contributed by atoms with Crippen LogP contribution in [0, 0.1) is 0 Å². The van der Waals surface area contributed by atoms with Crippen LogP contribution in [0.4, 0.5) is 0 Å². The Morgan fingerprint density at radius 3 is 2.56 bits per heavy atom. The molecule has 0 radical (unpaired) electrons. The summed E-state index contributed by atoms with van der Waals surface area (Å²) in [5.41, 5.74) is 1.11. The molecule has 0 saturated heterocycles. The fourth-order valence-electron chi connectivity index (χ4n) is 2.24. The van der Waals surface area contributed by atoms with Gasteiger partial charge in [-0.25, -0.2) is 0 Å². The first-order valence-electron chi connectivity index (χ1n) is 8.55. The maximum atomic E-state index is 5.41. The van der Waals surface area contributed by atoms with Crippen LogP contribution in [0.15, 0.2) is 23.2 Å². The maximum absolute atomic E-state index is 5.41. The summed E-state index contributed by atoms with van der Waals surface area (Å²) in [7, 11) is 3.35. The summed E-state index contributed by atoms with van der Waals surface area (Å²) in [6, 6.07) is 5.84. The van der Waals surface area contributed by atoms with Crippen LogP contribution < -0.4 is 20.1 Å². The van der Waals surface area contributed by atoms with Crippen molar-refractivity contribution < 1.29 is 14.2 Å². The number of halogens is 1. The Morgan fingerprint density at radius 2 is 1.92 bits per heavy atom. The summed E-state index contributed by atoms with van der Waals surface area (Å²) in [4.78, 5) is 4.55. The number of hydrogen-bond acceptors (Lipinski definition) is 4. The third-order valence-electron chi connectivity index (χ3n) is 3.44. The molecule has 0 unspecified atom stereocenters. The number of benzene rings is 1. The van der Waals surface area contributed by atoms with Gasteiger partial charge in [-0.05, 0) is 50.5 Å². The van der Waals surface area contributed by atoms with Crippen LogP contribution in [0.25, 0.3) is 0 Å². The van der Waals surface area contributed by atoms with Crippen molar-refractivity contribution in [3.63, 3.8) is 0 Å². The molecule has 0 aliphatic carbocycles. The van der Waals surface area contributed by atoms with Crippen molar-refractivity contribution in [3.8, 4) is 11.5 Å². The largest absolute Gasteiger partial charge is 0.497 e. The van der Waals surface area contributed by atoms with Crippen molar-refractivity contribution in [1.29, 1.82) is 0 Å². The van der Waals surface area contributed by atoms with Gasteiger partial charge in [0.15, 0.2) is 5.96 Å². The molecule has 0 bridgehead atoms. The van der Waals surface area contributed by atoms with Crippen molar-refractivity contribution in [2.45, 2.75) is 26.7 Å². The van der Waals surface area contributed by atoms with E-state index in [1.807, 2.05) is 25.1 Å². The van der Waals surface area contributed by atoms with Crippen LogP contribution in [0.5, 0.6) is 11.5 Å². The number of ether oxygens (including phenoxy) is 3. The Bertz CT molecular complexity index is 498. The van der Waals surface area contributed by atoms with Crippen molar-refractivity contribution in [2.75, 3.05) is 47.1 Å². The molecule has 1 aromatic rings. The van der Waals surface area contributed by atoms with Gasteiger partial charge < -0.3 is 24.8 Å². The average molecular weight is 465 g/mol. The van der Waals surface area contributed by atoms with Crippen LogP contribution in [0.3, 0.4) is 0 Å². The predicted molar refractivity (Wildman–Crippen MR) is 114 cm³/mol. The highest BCUT2D eigenvalue weighted by atomic mass is 127. The van der Waals surface area contributed by atoms with Gasteiger partial charge in [0.05, 0.1) is 14.2 Å².